The topological polar surface area (TPSA) is 161 Å². The Kier molecular flexibility index (Phi) is 22.9. The van der Waals surface area contributed by atoms with Crippen LogP contribution in [0.4, 0.5) is 0 Å². The van der Waals surface area contributed by atoms with E-state index in [1.54, 1.807) is 0 Å². The zero-order chi connectivity index (χ0) is 80.7. The largest absolute Gasteiger partial charge is 2.00 e. The maximum atomic E-state index is 5.48. The Balaban J connectivity index is 0.000000175. The first-order valence-corrected chi connectivity index (χ1v) is 40.0. The van der Waals surface area contributed by atoms with Gasteiger partial charge in [-0.3, -0.25) is 9.98 Å². The Hall–Kier alpha value is -12.7. The normalized spacial score (nSPS) is 13.5. The molecule has 0 saturated carbocycles. The maximum Gasteiger partial charge on any atom is 2.00 e. The molecule has 580 valence electrons. The molecule has 20 rings (SSSR count). The summed E-state index contributed by atoms with van der Waals surface area (Å²) >= 11 is 0. The summed E-state index contributed by atoms with van der Waals surface area (Å²) in [6.07, 6.45) is 32.2. The van der Waals surface area contributed by atoms with Crippen molar-refractivity contribution in [2.45, 2.75) is 83.1 Å². The standard InChI is InChI=1S/2C53H41N6.Pd.2Zn/c2*1-30-25-32(3)48(33(4)26-30)52-44-17-15-38(56-44)29-39-16-18-45(57-39)53(49-34(5)27-31(2)28-35(49)6)47-22-20-43(59-47)51(42-19-21-46(52)58-42)37-13-11-36(12-14-37)50(40-9-7-23-54-40)41-10-8-24-55-41;;;/h2*7-29H,1-6H3;;;/q2*-3;3*+2/b2*38-29?,39-29?,50-40-,51-42?,51-43?,52-44?,52-46?,53-45?,53-47?;;;. The molecular formula is C106H82N12PdZn2. The molecular weight excluding hydrogens is 1680 g/mol. The van der Waals surface area contributed by atoms with Crippen LogP contribution in [0.1, 0.15) is 135 Å². The van der Waals surface area contributed by atoms with Crippen molar-refractivity contribution in [3.8, 4) is 66.8 Å². The van der Waals surface area contributed by atoms with Crippen LogP contribution in [0, 0.1) is 83.1 Å². The van der Waals surface area contributed by atoms with Crippen LogP contribution in [0.2, 0.25) is 0 Å². The number of aliphatic imine (C=N–C) groups is 2. The van der Waals surface area contributed by atoms with E-state index in [4.69, 9.17) is 39.9 Å². The van der Waals surface area contributed by atoms with Crippen LogP contribution in [0.3, 0.4) is 0 Å². The Morgan fingerprint density at radius 3 is 0.843 bits per heavy atom. The van der Waals surface area contributed by atoms with Gasteiger partial charge in [0.15, 0.2) is 0 Å². The third kappa shape index (κ3) is 15.7. The Morgan fingerprint density at radius 2 is 0.545 bits per heavy atom. The van der Waals surface area contributed by atoms with Crippen molar-refractivity contribution < 1.29 is 59.4 Å². The van der Waals surface area contributed by atoms with E-state index in [1.165, 1.54) is 66.8 Å². The molecule has 0 aliphatic carbocycles. The number of allylic oxidation sites excluding steroid dienone is 4. The molecule has 0 unspecified atom stereocenters. The average molecular weight is 1760 g/mol. The summed E-state index contributed by atoms with van der Waals surface area (Å²) in [5, 5.41) is 0. The number of benzene rings is 6. The van der Waals surface area contributed by atoms with E-state index in [1.807, 2.05) is 73.4 Å². The molecule has 12 nitrogen and oxygen atoms in total. The van der Waals surface area contributed by atoms with Gasteiger partial charge in [-0.25, -0.2) is 19.9 Å². The molecule has 16 bridgehead atoms. The molecule has 121 heavy (non-hydrogen) atoms. The number of aryl methyl sites for hydroxylation is 12. The van der Waals surface area contributed by atoms with Crippen LogP contribution in [-0.2, 0) is 59.4 Å². The SMILES string of the molecule is Cc1cc(C)c(-c2c3nc(c(-c4ccc(/C(=C5\C=CC=N5)c5ccc[n-]5)cc4)c4ccc([n-]4)c(-c4c(C)cc(C)cc4C)c4nc(cc5ccc2[n-]5)C=C4)C=C3)c(C)c1.Cc1cc(C)c(-c2c3nc(c(-c4ccc(/C(=C5\C=CC=N5)c5ccc[n-]5)cc4)c4ccc([n-]4)c(-c4c(C)cc(C)cc4C)c4nc(cc5ccc2[n-]5)C=C4)C=C3)c(C)c1.[Pd+2].[Zn+2].[Zn+2]. The van der Waals surface area contributed by atoms with Gasteiger partial charge in [-0.2, -0.15) is 12.4 Å². The molecule has 6 aliphatic heterocycles. The summed E-state index contributed by atoms with van der Waals surface area (Å²) in [6.45, 7) is 26.0. The fourth-order valence-corrected chi connectivity index (χ4v) is 18.2. The van der Waals surface area contributed by atoms with Crippen LogP contribution >= 0.6 is 0 Å². The van der Waals surface area contributed by atoms with Gasteiger partial charge in [0.1, 0.15) is 0 Å². The van der Waals surface area contributed by atoms with Gasteiger partial charge in [0.2, 0.25) is 0 Å². The third-order valence-corrected chi connectivity index (χ3v) is 22.7. The number of rotatable bonds is 10. The summed E-state index contributed by atoms with van der Waals surface area (Å²) in [6, 6.07) is 64.2. The smallest absolute Gasteiger partial charge is 0.664 e. The Labute approximate surface area is 744 Å². The third-order valence-electron chi connectivity index (χ3n) is 22.7. The second-order valence-corrected chi connectivity index (χ2v) is 31.5. The Morgan fingerprint density at radius 1 is 0.264 bits per heavy atom. The number of nitrogens with zero attached hydrogens (tertiary/aromatic N) is 12. The molecule has 0 atom stereocenters. The first kappa shape index (κ1) is 82.0. The van der Waals surface area contributed by atoms with E-state index >= 15 is 0 Å². The second kappa shape index (κ2) is 33.8. The van der Waals surface area contributed by atoms with Gasteiger partial charge in [-0.05, 0) is 290 Å². The van der Waals surface area contributed by atoms with Crippen LogP contribution in [0.25, 0.3) is 171 Å². The minimum Gasteiger partial charge on any atom is -0.664 e. The van der Waals surface area contributed by atoms with Gasteiger partial charge >= 0.3 is 59.4 Å². The molecule has 0 fully saturated rings. The minimum atomic E-state index is 0. The van der Waals surface area contributed by atoms with Gasteiger partial charge in [-0.15, -0.1) is 55.5 Å². The van der Waals surface area contributed by atoms with Crippen LogP contribution in [-0.4, -0.2) is 32.4 Å². The van der Waals surface area contributed by atoms with Gasteiger partial charge in [0.05, 0.1) is 56.9 Å². The number of hydrogen-bond acceptors (Lipinski definition) is 6. The molecule has 6 aromatic carbocycles. The van der Waals surface area contributed by atoms with Crippen molar-refractivity contribution in [2.75, 3.05) is 0 Å². The fraction of sp³-hybridized carbons (Fsp3) is 0.113. The molecule has 14 aromatic rings. The summed E-state index contributed by atoms with van der Waals surface area (Å²) in [5.41, 5.74) is 48.1. The number of aromatic nitrogens is 10. The van der Waals surface area contributed by atoms with Gasteiger partial charge < -0.3 is 29.9 Å². The van der Waals surface area contributed by atoms with Gasteiger partial charge in [-0.1, -0.05) is 204 Å². The maximum absolute atomic E-state index is 5.48. The van der Waals surface area contributed by atoms with Crippen molar-refractivity contribution >= 4 is 116 Å². The second-order valence-electron chi connectivity index (χ2n) is 31.5. The average Bonchev–Trinajstić information content (AvgIpc) is 1.63. The molecule has 0 radical (unpaired) electrons. The zero-order valence-corrected chi connectivity index (χ0v) is 77.1. The molecule has 15 heteroatoms. The van der Waals surface area contributed by atoms with Crippen molar-refractivity contribution in [1.82, 2.24) is 49.8 Å². The molecule has 6 aliphatic rings. The molecule has 14 heterocycles. The van der Waals surface area contributed by atoms with E-state index in [9.17, 15) is 0 Å². The fourth-order valence-electron chi connectivity index (χ4n) is 18.2. The predicted molar refractivity (Wildman–Crippen MR) is 490 cm³/mol. The van der Waals surface area contributed by atoms with E-state index in [2.05, 4.69) is 309 Å². The Bertz CT molecular complexity index is 6610. The van der Waals surface area contributed by atoms with E-state index in [0.29, 0.717) is 0 Å². The van der Waals surface area contributed by atoms with Crippen LogP contribution in [0.15, 0.2) is 240 Å². The van der Waals surface area contributed by atoms with Crippen molar-refractivity contribution in [1.29, 1.82) is 0 Å². The van der Waals surface area contributed by atoms with Crippen LogP contribution < -0.4 is 29.9 Å². The van der Waals surface area contributed by atoms with Gasteiger partial charge in [0.25, 0.3) is 0 Å². The first-order valence-electron chi connectivity index (χ1n) is 40.0. The molecule has 0 N–H and O–H groups in total. The van der Waals surface area contributed by atoms with E-state index < -0.39 is 0 Å². The van der Waals surface area contributed by atoms with Gasteiger partial charge in [0, 0.05) is 12.4 Å². The predicted octanol–water partition coefficient (Wildman–Crippen LogP) is 24.2. The summed E-state index contributed by atoms with van der Waals surface area (Å²) in [4.78, 5) is 61.5. The van der Waals surface area contributed by atoms with Crippen molar-refractivity contribution in [3.63, 3.8) is 0 Å². The quantitative estimate of drug-likeness (QED) is 0.121. The molecule has 0 amide bonds. The van der Waals surface area contributed by atoms with E-state index in [-0.39, 0.29) is 59.4 Å². The monoisotopic (exact) mass is 1760 g/mol. The first-order chi connectivity index (χ1) is 57.4. The summed E-state index contributed by atoms with van der Waals surface area (Å²) in [5.74, 6) is 0. The van der Waals surface area contributed by atoms with Crippen molar-refractivity contribution in [2.24, 2.45) is 9.98 Å². The zero-order valence-electron chi connectivity index (χ0n) is 69.7. The number of hydrogen-bond donors (Lipinski definition) is 0. The summed E-state index contributed by atoms with van der Waals surface area (Å²) < 4.78 is 0. The van der Waals surface area contributed by atoms with Crippen molar-refractivity contribution in [3.05, 3.63) is 365 Å². The molecule has 0 saturated heterocycles. The minimum absolute atomic E-state index is 0. The van der Waals surface area contributed by atoms with Crippen LogP contribution in [0.5, 0.6) is 0 Å². The van der Waals surface area contributed by atoms with E-state index in [0.717, 1.165) is 202 Å². The molecule has 0 spiro atoms. The molecule has 8 aromatic heterocycles. The summed E-state index contributed by atoms with van der Waals surface area (Å²) in [7, 11) is 0. The number of fused-ring (bicyclic) bond motifs is 16.